The van der Waals surface area contributed by atoms with E-state index < -0.39 is 6.10 Å². The summed E-state index contributed by atoms with van der Waals surface area (Å²) in [6.07, 6.45) is -0.557. The van der Waals surface area contributed by atoms with Gasteiger partial charge in [0.2, 0.25) is 0 Å². The van der Waals surface area contributed by atoms with E-state index in [9.17, 15) is 4.79 Å². The van der Waals surface area contributed by atoms with E-state index in [1.165, 1.54) is 0 Å². The minimum Gasteiger partial charge on any atom is -0.497 e. The summed E-state index contributed by atoms with van der Waals surface area (Å²) in [4.78, 5) is 18.4. The number of amides is 1. The van der Waals surface area contributed by atoms with Crippen LogP contribution in [0.5, 0.6) is 5.75 Å². The SMILES string of the molecule is CC.CC.COc1ccc([C@@H]2Sc3ccccc3N(CCN(C)C)C(=O)C2OC)cc1. The Morgan fingerprint density at radius 1 is 0.968 bits per heavy atom. The molecule has 1 amide bonds. The molecule has 5 nitrogen and oxygen atoms in total. The summed E-state index contributed by atoms with van der Waals surface area (Å²) in [6, 6.07) is 15.9. The average molecular weight is 447 g/mol. The molecule has 0 saturated carbocycles. The van der Waals surface area contributed by atoms with Gasteiger partial charge >= 0.3 is 0 Å². The summed E-state index contributed by atoms with van der Waals surface area (Å²) in [6.45, 7) is 9.41. The number of anilines is 1. The third kappa shape index (κ3) is 6.99. The van der Waals surface area contributed by atoms with E-state index in [4.69, 9.17) is 9.47 Å². The van der Waals surface area contributed by atoms with Gasteiger partial charge in [-0.25, -0.2) is 0 Å². The monoisotopic (exact) mass is 446 g/mol. The molecule has 1 heterocycles. The summed E-state index contributed by atoms with van der Waals surface area (Å²) in [5.74, 6) is 0.795. The van der Waals surface area contributed by atoms with Crippen LogP contribution in [0.2, 0.25) is 0 Å². The zero-order valence-corrected chi connectivity index (χ0v) is 21.0. The highest BCUT2D eigenvalue weighted by atomic mass is 32.2. The number of nitrogens with zero attached hydrogens (tertiary/aromatic N) is 2. The van der Waals surface area contributed by atoms with E-state index in [1.807, 2.05) is 89.2 Å². The van der Waals surface area contributed by atoms with Gasteiger partial charge in [-0.15, -0.1) is 11.8 Å². The van der Waals surface area contributed by atoms with Gasteiger partial charge in [0.25, 0.3) is 5.91 Å². The molecule has 0 fully saturated rings. The molecule has 0 spiro atoms. The van der Waals surface area contributed by atoms with Crippen molar-refractivity contribution < 1.29 is 14.3 Å². The van der Waals surface area contributed by atoms with Gasteiger partial charge in [-0.1, -0.05) is 52.0 Å². The molecule has 1 unspecified atom stereocenters. The number of ether oxygens (including phenoxy) is 2. The first-order valence-electron chi connectivity index (χ1n) is 10.9. The molecule has 0 N–H and O–H groups in total. The Balaban J connectivity index is 0.00000113. The first-order valence-corrected chi connectivity index (χ1v) is 11.8. The number of carbonyl (C=O) groups excluding carboxylic acids is 1. The second-order valence-electron chi connectivity index (χ2n) is 6.73. The standard InChI is InChI=1S/C21H26N2O3S.2C2H6/c1-22(2)13-14-23-17-7-5-6-8-18(17)27-20(19(26-4)21(23)24)15-9-11-16(25-3)12-10-15;2*1-2/h5-12,19-20H,13-14H2,1-4H3;2*1-2H3/t19?,20-;;/m0../s1. The molecule has 2 atom stereocenters. The van der Waals surface area contributed by atoms with E-state index >= 15 is 0 Å². The fourth-order valence-electron chi connectivity index (χ4n) is 3.17. The smallest absolute Gasteiger partial charge is 0.257 e. The lowest BCUT2D eigenvalue weighted by Gasteiger charge is -2.28. The van der Waals surface area contributed by atoms with Gasteiger partial charge in [-0.3, -0.25) is 4.79 Å². The van der Waals surface area contributed by atoms with E-state index in [0.29, 0.717) is 6.54 Å². The molecule has 0 bridgehead atoms. The summed E-state index contributed by atoms with van der Waals surface area (Å²) in [5.41, 5.74) is 2.00. The third-order valence-electron chi connectivity index (χ3n) is 4.66. The van der Waals surface area contributed by atoms with Gasteiger partial charge in [0.05, 0.1) is 18.0 Å². The molecular formula is C25H38N2O3S. The second kappa shape index (κ2) is 14.1. The fourth-order valence-corrected chi connectivity index (χ4v) is 4.55. The quantitative estimate of drug-likeness (QED) is 0.586. The molecule has 2 aromatic rings. The van der Waals surface area contributed by atoms with E-state index in [2.05, 4.69) is 11.0 Å². The number of likely N-dealkylation sites (N-methyl/N-ethyl adjacent to an activating group) is 1. The molecule has 0 saturated heterocycles. The fraction of sp³-hybridized carbons (Fsp3) is 0.480. The number of hydrogen-bond donors (Lipinski definition) is 0. The van der Waals surface area contributed by atoms with Crippen molar-refractivity contribution in [1.82, 2.24) is 4.90 Å². The van der Waals surface area contributed by atoms with Crippen molar-refractivity contribution in [3.05, 3.63) is 54.1 Å². The molecule has 1 aliphatic rings. The minimum atomic E-state index is -0.557. The van der Waals surface area contributed by atoms with Gasteiger partial charge in [0.15, 0.2) is 6.10 Å². The Bertz CT molecular complexity index is 781. The van der Waals surface area contributed by atoms with Crippen molar-refractivity contribution in [2.75, 3.05) is 46.3 Å². The lowest BCUT2D eigenvalue weighted by molar-refractivity contribution is -0.128. The molecule has 3 rings (SSSR count). The van der Waals surface area contributed by atoms with Gasteiger partial charge in [-0.2, -0.15) is 0 Å². The van der Waals surface area contributed by atoms with Crippen LogP contribution in [-0.2, 0) is 9.53 Å². The minimum absolute atomic E-state index is 0.00221. The molecule has 0 aliphatic carbocycles. The van der Waals surface area contributed by atoms with Crippen molar-refractivity contribution in [3.8, 4) is 5.75 Å². The molecule has 1 aliphatic heterocycles. The maximum Gasteiger partial charge on any atom is 0.257 e. The maximum absolute atomic E-state index is 13.4. The van der Waals surface area contributed by atoms with Crippen molar-refractivity contribution in [3.63, 3.8) is 0 Å². The van der Waals surface area contributed by atoms with Crippen LogP contribution in [0.4, 0.5) is 5.69 Å². The number of fused-ring (bicyclic) bond motifs is 1. The second-order valence-corrected chi connectivity index (χ2v) is 7.91. The summed E-state index contributed by atoms with van der Waals surface area (Å²) in [7, 11) is 7.28. The average Bonchev–Trinajstić information content (AvgIpc) is 2.94. The van der Waals surface area contributed by atoms with Crippen molar-refractivity contribution in [2.45, 2.75) is 43.9 Å². The van der Waals surface area contributed by atoms with Crippen LogP contribution in [0.1, 0.15) is 38.5 Å². The first-order chi connectivity index (χ1) is 15.0. The van der Waals surface area contributed by atoms with Crippen LogP contribution in [-0.4, -0.2) is 58.3 Å². The Morgan fingerprint density at radius 3 is 2.13 bits per heavy atom. The molecule has 2 aromatic carbocycles. The molecule has 0 aromatic heterocycles. The summed E-state index contributed by atoms with van der Waals surface area (Å²) < 4.78 is 11.0. The lowest BCUT2D eigenvalue weighted by atomic mass is 10.1. The lowest BCUT2D eigenvalue weighted by Crippen LogP contribution is -2.44. The Kier molecular flexibility index (Phi) is 12.3. The molecule has 6 heteroatoms. The van der Waals surface area contributed by atoms with Gasteiger partial charge in [0, 0.05) is 25.1 Å². The van der Waals surface area contributed by atoms with E-state index in [-0.39, 0.29) is 11.2 Å². The van der Waals surface area contributed by atoms with Crippen LogP contribution in [0, 0.1) is 0 Å². The highest BCUT2D eigenvalue weighted by Gasteiger charge is 2.38. The molecule has 172 valence electrons. The Hall–Kier alpha value is -2.02. The maximum atomic E-state index is 13.4. The number of benzene rings is 2. The van der Waals surface area contributed by atoms with Gasteiger partial charge in [-0.05, 0) is 43.9 Å². The zero-order valence-electron chi connectivity index (χ0n) is 20.2. The number of carbonyl (C=O) groups is 1. The van der Waals surface area contributed by atoms with Crippen molar-refractivity contribution >= 4 is 23.4 Å². The van der Waals surface area contributed by atoms with Crippen molar-refractivity contribution in [2.24, 2.45) is 0 Å². The summed E-state index contributed by atoms with van der Waals surface area (Å²) in [5, 5.41) is -0.126. The predicted octanol–water partition coefficient (Wildman–Crippen LogP) is 5.50. The van der Waals surface area contributed by atoms with Crippen LogP contribution in [0.3, 0.4) is 0 Å². The topological polar surface area (TPSA) is 42.0 Å². The number of para-hydroxylation sites is 1. The van der Waals surface area contributed by atoms with Gasteiger partial charge in [0.1, 0.15) is 5.75 Å². The van der Waals surface area contributed by atoms with E-state index in [0.717, 1.165) is 28.4 Å². The van der Waals surface area contributed by atoms with Crippen LogP contribution in [0.25, 0.3) is 0 Å². The highest BCUT2D eigenvalue weighted by molar-refractivity contribution is 7.99. The molecular weight excluding hydrogens is 408 g/mol. The normalized spacial score (nSPS) is 17.6. The highest BCUT2D eigenvalue weighted by Crippen LogP contribution is 2.46. The van der Waals surface area contributed by atoms with Crippen LogP contribution in [0.15, 0.2) is 53.4 Å². The predicted molar refractivity (Wildman–Crippen MR) is 132 cm³/mol. The molecule has 0 radical (unpaired) electrons. The largest absolute Gasteiger partial charge is 0.497 e. The van der Waals surface area contributed by atoms with Crippen LogP contribution >= 0.6 is 11.8 Å². The third-order valence-corrected chi connectivity index (χ3v) is 6.04. The Labute approximate surface area is 192 Å². The number of hydrogen-bond acceptors (Lipinski definition) is 5. The summed E-state index contributed by atoms with van der Waals surface area (Å²) >= 11 is 1.68. The number of rotatable bonds is 6. The van der Waals surface area contributed by atoms with E-state index in [1.54, 1.807) is 26.0 Å². The van der Waals surface area contributed by atoms with Crippen LogP contribution < -0.4 is 9.64 Å². The van der Waals surface area contributed by atoms with Crippen molar-refractivity contribution in [1.29, 1.82) is 0 Å². The number of methoxy groups -OCH3 is 2. The Morgan fingerprint density at radius 2 is 1.58 bits per heavy atom. The number of thioether (sulfide) groups is 1. The van der Waals surface area contributed by atoms with Gasteiger partial charge < -0.3 is 19.3 Å². The zero-order chi connectivity index (χ0) is 23.4. The first kappa shape index (κ1) is 27.0. The molecule has 31 heavy (non-hydrogen) atoms.